The number of nitrogens with zero attached hydrogens (tertiary/aromatic N) is 3. The van der Waals surface area contributed by atoms with Crippen molar-refractivity contribution in [3.8, 4) is 5.75 Å². The van der Waals surface area contributed by atoms with Gasteiger partial charge in [-0.05, 0) is 18.2 Å². The van der Waals surface area contributed by atoms with E-state index in [1.165, 1.54) is 17.1 Å². The van der Waals surface area contributed by atoms with Gasteiger partial charge in [0.05, 0.1) is 6.21 Å². The molecule has 0 atom stereocenters. The fraction of sp³-hybridized carbons (Fsp3) is 0.0833. The van der Waals surface area contributed by atoms with Gasteiger partial charge in [0, 0.05) is 18.8 Å². The van der Waals surface area contributed by atoms with E-state index in [4.69, 9.17) is 0 Å². The Morgan fingerprint density at radius 1 is 1.44 bits per heavy atom. The lowest BCUT2D eigenvalue weighted by Gasteiger charge is -2.00. The van der Waals surface area contributed by atoms with Gasteiger partial charge in [-0.15, -0.1) is 0 Å². The average Bonchev–Trinajstić information content (AvgIpc) is 2.78. The normalized spacial score (nSPS) is 10.7. The van der Waals surface area contributed by atoms with Crippen LogP contribution in [-0.2, 0) is 7.05 Å². The Morgan fingerprint density at radius 3 is 2.89 bits per heavy atom. The molecule has 0 aliphatic carbocycles. The van der Waals surface area contributed by atoms with E-state index in [-0.39, 0.29) is 11.7 Å². The molecule has 2 aromatic rings. The zero-order valence-corrected chi connectivity index (χ0v) is 9.74. The molecule has 6 nitrogen and oxygen atoms in total. The monoisotopic (exact) mass is 244 g/mol. The van der Waals surface area contributed by atoms with Crippen molar-refractivity contribution in [1.29, 1.82) is 0 Å². The molecule has 1 aromatic carbocycles. The van der Waals surface area contributed by atoms with Gasteiger partial charge in [-0.1, -0.05) is 12.1 Å². The molecule has 0 saturated carbocycles. The molecule has 1 amide bonds. The van der Waals surface area contributed by atoms with Gasteiger partial charge in [-0.2, -0.15) is 10.2 Å². The first-order valence-electron chi connectivity index (χ1n) is 5.28. The summed E-state index contributed by atoms with van der Waals surface area (Å²) in [6, 6.07) is 8.30. The molecule has 0 saturated heterocycles. The predicted octanol–water partition coefficient (Wildman–Crippen LogP) is 0.890. The predicted molar refractivity (Wildman–Crippen MR) is 66.4 cm³/mol. The van der Waals surface area contributed by atoms with Crippen molar-refractivity contribution in [2.45, 2.75) is 0 Å². The Balaban J connectivity index is 2.03. The Morgan fingerprint density at radius 2 is 2.22 bits per heavy atom. The highest BCUT2D eigenvalue weighted by molar-refractivity contribution is 5.93. The lowest BCUT2D eigenvalue weighted by Crippen LogP contribution is -2.20. The van der Waals surface area contributed by atoms with E-state index in [9.17, 15) is 9.90 Å². The third-order valence-electron chi connectivity index (χ3n) is 2.36. The highest BCUT2D eigenvalue weighted by Crippen LogP contribution is 2.12. The maximum Gasteiger partial charge on any atom is 0.289 e. The Labute approximate surface area is 104 Å². The van der Waals surface area contributed by atoms with Gasteiger partial charge in [0.2, 0.25) is 0 Å². The van der Waals surface area contributed by atoms with Crippen LogP contribution >= 0.6 is 0 Å². The number of phenolic OH excluding ortho intramolecular Hbond substituents is 1. The van der Waals surface area contributed by atoms with Gasteiger partial charge in [0.1, 0.15) is 11.4 Å². The number of rotatable bonds is 3. The number of hydrogen-bond donors (Lipinski definition) is 2. The quantitative estimate of drug-likeness (QED) is 0.621. The number of nitrogens with one attached hydrogen (secondary N) is 1. The minimum atomic E-state index is -0.360. The van der Waals surface area contributed by atoms with Gasteiger partial charge in [0.25, 0.3) is 5.91 Å². The van der Waals surface area contributed by atoms with E-state index in [0.29, 0.717) is 11.3 Å². The number of benzene rings is 1. The largest absolute Gasteiger partial charge is 0.507 e. The topological polar surface area (TPSA) is 79.5 Å². The third-order valence-corrected chi connectivity index (χ3v) is 2.36. The fourth-order valence-electron chi connectivity index (χ4n) is 1.41. The molecule has 6 heteroatoms. The summed E-state index contributed by atoms with van der Waals surface area (Å²) in [5.41, 5.74) is 3.30. The summed E-state index contributed by atoms with van der Waals surface area (Å²) in [5, 5.41) is 17.1. The molecule has 0 unspecified atom stereocenters. The number of para-hydroxylation sites is 1. The summed E-state index contributed by atoms with van der Waals surface area (Å²) in [6.45, 7) is 0. The highest BCUT2D eigenvalue weighted by Gasteiger charge is 2.07. The van der Waals surface area contributed by atoms with E-state index in [1.54, 1.807) is 37.4 Å². The smallest absolute Gasteiger partial charge is 0.289 e. The van der Waals surface area contributed by atoms with Gasteiger partial charge in [0.15, 0.2) is 0 Å². The van der Waals surface area contributed by atoms with Crippen molar-refractivity contribution >= 4 is 12.1 Å². The van der Waals surface area contributed by atoms with Crippen LogP contribution in [0.2, 0.25) is 0 Å². The second kappa shape index (κ2) is 5.13. The molecule has 2 N–H and O–H groups in total. The van der Waals surface area contributed by atoms with Crippen LogP contribution in [0.4, 0.5) is 0 Å². The number of phenols is 1. The minimum Gasteiger partial charge on any atom is -0.507 e. The maximum atomic E-state index is 11.7. The van der Waals surface area contributed by atoms with E-state index in [2.05, 4.69) is 15.6 Å². The molecule has 92 valence electrons. The van der Waals surface area contributed by atoms with Gasteiger partial charge >= 0.3 is 0 Å². The van der Waals surface area contributed by atoms with Gasteiger partial charge < -0.3 is 5.11 Å². The standard InChI is InChI=1S/C12H12N4O2/c1-16-10(6-7-14-16)12(18)15-13-8-9-4-2-3-5-11(9)17/h2-8,17H,1H3,(H,15,18). The van der Waals surface area contributed by atoms with Crippen molar-refractivity contribution in [3.63, 3.8) is 0 Å². The summed E-state index contributed by atoms with van der Waals surface area (Å²) in [4.78, 5) is 11.7. The zero-order valence-electron chi connectivity index (χ0n) is 9.74. The molecule has 0 aliphatic heterocycles. The molecule has 1 aromatic heterocycles. The molecule has 0 fully saturated rings. The number of aromatic nitrogens is 2. The summed E-state index contributed by atoms with van der Waals surface area (Å²) >= 11 is 0. The molecule has 18 heavy (non-hydrogen) atoms. The number of carbonyl (C=O) groups excluding carboxylic acids is 1. The van der Waals surface area contributed by atoms with Crippen molar-refractivity contribution in [2.24, 2.45) is 12.1 Å². The summed E-state index contributed by atoms with van der Waals surface area (Å²) in [5.74, 6) is -0.252. The van der Waals surface area contributed by atoms with E-state index < -0.39 is 0 Å². The van der Waals surface area contributed by atoms with Crippen molar-refractivity contribution < 1.29 is 9.90 Å². The second-order valence-electron chi connectivity index (χ2n) is 3.60. The average molecular weight is 244 g/mol. The maximum absolute atomic E-state index is 11.7. The van der Waals surface area contributed by atoms with Gasteiger partial charge in [-0.3, -0.25) is 9.48 Å². The second-order valence-corrected chi connectivity index (χ2v) is 3.60. The van der Waals surface area contributed by atoms with Crippen molar-refractivity contribution in [3.05, 3.63) is 47.8 Å². The Kier molecular flexibility index (Phi) is 3.38. The molecule has 1 heterocycles. The van der Waals surface area contributed by atoms with E-state index >= 15 is 0 Å². The molecule has 0 radical (unpaired) electrons. The van der Waals surface area contributed by atoms with Crippen molar-refractivity contribution in [2.75, 3.05) is 0 Å². The van der Waals surface area contributed by atoms with Gasteiger partial charge in [-0.25, -0.2) is 5.43 Å². The van der Waals surface area contributed by atoms with Crippen LogP contribution in [0.3, 0.4) is 0 Å². The number of carbonyl (C=O) groups is 1. The molecule has 0 aliphatic rings. The highest BCUT2D eigenvalue weighted by atomic mass is 16.3. The molecular formula is C12H12N4O2. The first-order chi connectivity index (χ1) is 8.68. The summed E-state index contributed by atoms with van der Waals surface area (Å²) in [6.07, 6.45) is 2.91. The van der Waals surface area contributed by atoms with E-state index in [0.717, 1.165) is 0 Å². The van der Waals surface area contributed by atoms with Crippen LogP contribution in [0.25, 0.3) is 0 Å². The Hall–Kier alpha value is -2.63. The van der Waals surface area contributed by atoms with Crippen LogP contribution in [0, 0.1) is 0 Å². The zero-order chi connectivity index (χ0) is 13.0. The minimum absolute atomic E-state index is 0.107. The lowest BCUT2D eigenvalue weighted by molar-refractivity contribution is 0.0945. The molecule has 0 bridgehead atoms. The first-order valence-corrected chi connectivity index (χ1v) is 5.28. The number of aromatic hydroxyl groups is 1. The third kappa shape index (κ3) is 2.54. The molecular weight excluding hydrogens is 232 g/mol. The fourth-order valence-corrected chi connectivity index (χ4v) is 1.41. The number of hydrogen-bond acceptors (Lipinski definition) is 4. The lowest BCUT2D eigenvalue weighted by atomic mass is 10.2. The molecule has 2 rings (SSSR count). The summed E-state index contributed by atoms with van der Waals surface area (Å²) < 4.78 is 1.45. The number of hydrazone groups is 1. The molecule has 0 spiro atoms. The van der Waals surface area contributed by atoms with Crippen LogP contribution < -0.4 is 5.43 Å². The number of amides is 1. The van der Waals surface area contributed by atoms with Crippen LogP contribution in [-0.4, -0.2) is 27.0 Å². The number of aryl methyl sites for hydroxylation is 1. The van der Waals surface area contributed by atoms with Crippen molar-refractivity contribution in [1.82, 2.24) is 15.2 Å². The Bertz CT molecular complexity index is 589. The van der Waals surface area contributed by atoms with Crippen LogP contribution in [0.1, 0.15) is 16.1 Å². The SMILES string of the molecule is Cn1nccc1C(=O)NN=Cc1ccccc1O. The summed E-state index contributed by atoms with van der Waals surface area (Å²) in [7, 11) is 1.67. The first kappa shape index (κ1) is 11.8. The van der Waals surface area contributed by atoms with Crippen LogP contribution in [0.15, 0.2) is 41.6 Å². The van der Waals surface area contributed by atoms with Crippen LogP contribution in [0.5, 0.6) is 5.75 Å². The van der Waals surface area contributed by atoms with E-state index in [1.807, 2.05) is 0 Å².